The highest BCUT2D eigenvalue weighted by Crippen LogP contribution is 2.17. The molecule has 0 aliphatic rings. The van der Waals surface area contributed by atoms with Gasteiger partial charge in [0.05, 0.1) is 18.3 Å². The molecule has 98 valence electrons. The summed E-state index contributed by atoms with van der Waals surface area (Å²) in [5.74, 6) is 0. The highest BCUT2D eigenvalue weighted by Gasteiger charge is 2.15. The van der Waals surface area contributed by atoms with E-state index >= 15 is 0 Å². The van der Waals surface area contributed by atoms with E-state index in [-0.39, 0.29) is 6.10 Å². The molecular formula is C13H25N3O. The molecule has 4 nitrogen and oxygen atoms in total. The molecule has 1 heterocycles. The number of hydrogen-bond acceptors (Lipinski definition) is 3. The molecule has 4 heteroatoms. The van der Waals surface area contributed by atoms with Gasteiger partial charge in [0, 0.05) is 24.9 Å². The first-order valence-corrected chi connectivity index (χ1v) is 6.42. The first-order valence-electron chi connectivity index (χ1n) is 6.42. The molecule has 1 unspecified atom stereocenters. The monoisotopic (exact) mass is 239 g/mol. The van der Waals surface area contributed by atoms with Crippen molar-refractivity contribution >= 4 is 0 Å². The molecule has 0 aliphatic carbocycles. The second-order valence-corrected chi connectivity index (χ2v) is 4.34. The van der Waals surface area contributed by atoms with E-state index in [1.807, 2.05) is 7.05 Å². The number of hydrogen-bond donors (Lipinski definition) is 1. The van der Waals surface area contributed by atoms with Gasteiger partial charge in [0.15, 0.2) is 0 Å². The van der Waals surface area contributed by atoms with Crippen LogP contribution in [-0.4, -0.2) is 30.0 Å². The molecule has 0 bridgehead atoms. The van der Waals surface area contributed by atoms with Crippen molar-refractivity contribution in [2.24, 2.45) is 0 Å². The van der Waals surface area contributed by atoms with Gasteiger partial charge in [-0.1, -0.05) is 13.8 Å². The van der Waals surface area contributed by atoms with Gasteiger partial charge in [-0.25, -0.2) is 0 Å². The van der Waals surface area contributed by atoms with E-state index in [2.05, 4.69) is 30.8 Å². The van der Waals surface area contributed by atoms with Crippen molar-refractivity contribution in [1.82, 2.24) is 15.1 Å². The molecule has 0 saturated carbocycles. The third-order valence-electron chi connectivity index (χ3n) is 3.11. The summed E-state index contributed by atoms with van der Waals surface area (Å²) in [5.41, 5.74) is 3.90. The Balaban J connectivity index is 3.03. The average Bonchev–Trinajstić information content (AvgIpc) is 2.66. The molecule has 0 spiro atoms. The molecule has 17 heavy (non-hydrogen) atoms. The lowest BCUT2D eigenvalue weighted by molar-refractivity contribution is 0.0989. The fraction of sp³-hybridized carbons (Fsp3) is 0.769. The highest BCUT2D eigenvalue weighted by molar-refractivity contribution is 5.26. The predicted molar refractivity (Wildman–Crippen MR) is 70.2 cm³/mol. The van der Waals surface area contributed by atoms with Crippen LogP contribution < -0.4 is 5.32 Å². The molecule has 1 N–H and O–H groups in total. The van der Waals surface area contributed by atoms with Gasteiger partial charge in [-0.3, -0.25) is 4.68 Å². The zero-order chi connectivity index (χ0) is 12.8. The molecular weight excluding hydrogens is 214 g/mol. The van der Waals surface area contributed by atoms with Crippen molar-refractivity contribution in [1.29, 1.82) is 0 Å². The predicted octanol–water partition coefficient (Wildman–Crippen LogP) is 1.76. The van der Waals surface area contributed by atoms with Crippen LogP contribution in [0.4, 0.5) is 0 Å². The SMILES string of the molecule is CCc1nn(CC(C)OC)c(CC)c1CNC. The lowest BCUT2D eigenvalue weighted by Gasteiger charge is -2.12. The van der Waals surface area contributed by atoms with Crippen molar-refractivity contribution in [3.8, 4) is 0 Å². The average molecular weight is 239 g/mol. The van der Waals surface area contributed by atoms with Crippen LogP contribution in [0.15, 0.2) is 0 Å². The van der Waals surface area contributed by atoms with Crippen LogP contribution in [0.25, 0.3) is 0 Å². The van der Waals surface area contributed by atoms with Crippen LogP contribution in [0, 0.1) is 0 Å². The van der Waals surface area contributed by atoms with Crippen LogP contribution in [-0.2, 0) is 30.7 Å². The minimum atomic E-state index is 0.201. The Hall–Kier alpha value is -0.870. The Morgan fingerprint density at radius 3 is 2.53 bits per heavy atom. The molecule has 1 atom stereocenters. The molecule has 0 radical (unpaired) electrons. The normalized spacial score (nSPS) is 13.0. The number of aromatic nitrogens is 2. The van der Waals surface area contributed by atoms with E-state index in [1.165, 1.54) is 17.0 Å². The molecule has 0 amide bonds. The van der Waals surface area contributed by atoms with Gasteiger partial charge >= 0.3 is 0 Å². The van der Waals surface area contributed by atoms with Crippen LogP contribution in [0.5, 0.6) is 0 Å². The summed E-state index contributed by atoms with van der Waals surface area (Å²) in [6, 6.07) is 0. The zero-order valence-corrected chi connectivity index (χ0v) is 11.7. The van der Waals surface area contributed by atoms with Crippen molar-refractivity contribution in [2.75, 3.05) is 14.2 Å². The Morgan fingerprint density at radius 2 is 2.06 bits per heavy atom. The topological polar surface area (TPSA) is 39.1 Å². The van der Waals surface area contributed by atoms with Crippen molar-refractivity contribution in [2.45, 2.75) is 52.8 Å². The largest absolute Gasteiger partial charge is 0.380 e. The first-order chi connectivity index (χ1) is 8.17. The minimum absolute atomic E-state index is 0.201. The molecule has 0 aliphatic heterocycles. The maximum absolute atomic E-state index is 5.32. The van der Waals surface area contributed by atoms with E-state index < -0.39 is 0 Å². The third-order valence-corrected chi connectivity index (χ3v) is 3.11. The number of rotatable bonds is 7. The first kappa shape index (κ1) is 14.2. The standard InChI is InChI=1S/C13H25N3O/c1-6-12-11(8-14-4)13(7-2)16(15-12)9-10(3)17-5/h10,14H,6-9H2,1-5H3. The van der Waals surface area contributed by atoms with Gasteiger partial charge in [0.1, 0.15) is 0 Å². The fourth-order valence-electron chi connectivity index (χ4n) is 2.12. The van der Waals surface area contributed by atoms with Gasteiger partial charge in [-0.05, 0) is 26.8 Å². The number of nitrogens with zero attached hydrogens (tertiary/aromatic N) is 2. The van der Waals surface area contributed by atoms with Crippen LogP contribution in [0.1, 0.15) is 37.7 Å². The van der Waals surface area contributed by atoms with E-state index in [9.17, 15) is 0 Å². The maximum atomic E-state index is 5.32. The number of nitrogens with one attached hydrogen (secondary N) is 1. The van der Waals surface area contributed by atoms with Crippen molar-refractivity contribution < 1.29 is 4.74 Å². The lowest BCUT2D eigenvalue weighted by Crippen LogP contribution is -2.18. The smallest absolute Gasteiger partial charge is 0.0739 e. The second-order valence-electron chi connectivity index (χ2n) is 4.34. The van der Waals surface area contributed by atoms with Crippen LogP contribution >= 0.6 is 0 Å². The highest BCUT2D eigenvalue weighted by atomic mass is 16.5. The van der Waals surface area contributed by atoms with Crippen molar-refractivity contribution in [3.63, 3.8) is 0 Å². The molecule has 0 aromatic carbocycles. The van der Waals surface area contributed by atoms with E-state index in [0.717, 1.165) is 25.9 Å². The van der Waals surface area contributed by atoms with Crippen molar-refractivity contribution in [3.05, 3.63) is 17.0 Å². The summed E-state index contributed by atoms with van der Waals surface area (Å²) in [7, 11) is 3.73. The Kier molecular flexibility index (Phi) is 5.65. The van der Waals surface area contributed by atoms with Gasteiger partial charge < -0.3 is 10.1 Å². The number of ether oxygens (including phenoxy) is 1. The second kappa shape index (κ2) is 6.77. The Bertz CT molecular complexity index is 347. The van der Waals surface area contributed by atoms with E-state index in [0.29, 0.717) is 0 Å². The minimum Gasteiger partial charge on any atom is -0.380 e. The molecule has 1 aromatic heterocycles. The van der Waals surface area contributed by atoms with Crippen LogP contribution in [0.2, 0.25) is 0 Å². The maximum Gasteiger partial charge on any atom is 0.0739 e. The summed E-state index contributed by atoms with van der Waals surface area (Å²) in [4.78, 5) is 0. The Labute approximate surface area is 104 Å². The van der Waals surface area contributed by atoms with Gasteiger partial charge in [-0.2, -0.15) is 5.10 Å². The zero-order valence-electron chi connectivity index (χ0n) is 11.7. The summed E-state index contributed by atoms with van der Waals surface area (Å²) in [5, 5.41) is 7.93. The number of methoxy groups -OCH3 is 1. The quantitative estimate of drug-likeness (QED) is 0.788. The molecule has 1 aromatic rings. The fourth-order valence-corrected chi connectivity index (χ4v) is 2.12. The van der Waals surface area contributed by atoms with Gasteiger partial charge in [0.2, 0.25) is 0 Å². The third kappa shape index (κ3) is 3.30. The summed E-state index contributed by atoms with van der Waals surface area (Å²) >= 11 is 0. The summed E-state index contributed by atoms with van der Waals surface area (Å²) < 4.78 is 7.43. The summed E-state index contributed by atoms with van der Waals surface area (Å²) in [6.45, 7) is 8.14. The van der Waals surface area contributed by atoms with Gasteiger partial charge in [-0.15, -0.1) is 0 Å². The molecule has 0 fully saturated rings. The molecule has 0 saturated heterocycles. The Morgan fingerprint density at radius 1 is 1.35 bits per heavy atom. The van der Waals surface area contributed by atoms with E-state index in [1.54, 1.807) is 7.11 Å². The lowest BCUT2D eigenvalue weighted by atomic mass is 10.1. The van der Waals surface area contributed by atoms with Crippen LogP contribution in [0.3, 0.4) is 0 Å². The van der Waals surface area contributed by atoms with Gasteiger partial charge in [0.25, 0.3) is 0 Å². The van der Waals surface area contributed by atoms with E-state index in [4.69, 9.17) is 9.84 Å². The molecule has 1 rings (SSSR count). The summed E-state index contributed by atoms with van der Waals surface area (Å²) in [6.07, 6.45) is 2.20. The number of aryl methyl sites for hydroxylation is 1.